The third-order valence-electron chi connectivity index (χ3n) is 4.86. The number of aliphatic hydroxyl groups excluding tert-OH is 1. The van der Waals surface area contributed by atoms with Gasteiger partial charge in [0.05, 0.1) is 13.2 Å². The molecule has 3 atom stereocenters. The second kappa shape index (κ2) is 9.72. The lowest BCUT2D eigenvalue weighted by atomic mass is 9.73. The van der Waals surface area contributed by atoms with Crippen LogP contribution in [0.5, 0.6) is 0 Å². The average Bonchev–Trinajstić information content (AvgIpc) is 2.44. The van der Waals surface area contributed by atoms with Crippen LogP contribution in [0.25, 0.3) is 0 Å². The van der Waals surface area contributed by atoms with E-state index in [0.717, 1.165) is 38.1 Å². The zero-order chi connectivity index (χ0) is 15.0. The number of hydrogen-bond acceptors (Lipinski definition) is 4. The highest BCUT2D eigenvalue weighted by molar-refractivity contribution is 4.87. The first-order valence-electron chi connectivity index (χ1n) is 8.11. The quantitative estimate of drug-likeness (QED) is 0.675. The molecule has 1 aliphatic rings. The van der Waals surface area contributed by atoms with Crippen molar-refractivity contribution >= 4 is 0 Å². The fourth-order valence-electron chi connectivity index (χ4n) is 3.48. The van der Waals surface area contributed by atoms with Crippen molar-refractivity contribution in [3.05, 3.63) is 0 Å². The Hall–Kier alpha value is -0.160. The van der Waals surface area contributed by atoms with Crippen LogP contribution in [0.15, 0.2) is 0 Å². The van der Waals surface area contributed by atoms with Crippen LogP contribution in [0.2, 0.25) is 0 Å². The highest BCUT2D eigenvalue weighted by atomic mass is 16.5. The van der Waals surface area contributed by atoms with Crippen LogP contribution in [-0.4, -0.2) is 63.1 Å². The molecule has 1 saturated carbocycles. The molecule has 0 saturated heterocycles. The topological polar surface area (TPSA) is 44.7 Å². The van der Waals surface area contributed by atoms with Gasteiger partial charge in [-0.3, -0.25) is 4.90 Å². The molecule has 1 aliphatic carbocycles. The van der Waals surface area contributed by atoms with Crippen LogP contribution in [0, 0.1) is 17.8 Å². The van der Waals surface area contributed by atoms with Gasteiger partial charge < -0.3 is 15.2 Å². The third kappa shape index (κ3) is 5.68. The summed E-state index contributed by atoms with van der Waals surface area (Å²) in [6.07, 6.45) is 3.93. The van der Waals surface area contributed by atoms with Crippen molar-refractivity contribution in [2.24, 2.45) is 17.8 Å². The van der Waals surface area contributed by atoms with Crippen LogP contribution in [-0.2, 0) is 4.74 Å². The number of nitrogens with zero attached hydrogens (tertiary/aromatic N) is 1. The summed E-state index contributed by atoms with van der Waals surface area (Å²) in [5, 5.41) is 12.7. The van der Waals surface area contributed by atoms with Gasteiger partial charge >= 0.3 is 0 Å². The standard InChI is InChI=1S/C16H34N2O2/c1-13(2)14-5-6-16(17-3)15(11-14)12-18(7-9-19)8-10-20-4/h13-17,19H,5-12H2,1-4H3. The van der Waals surface area contributed by atoms with E-state index in [2.05, 4.69) is 31.1 Å². The molecule has 4 nitrogen and oxygen atoms in total. The molecule has 1 rings (SSSR count). The van der Waals surface area contributed by atoms with Gasteiger partial charge in [-0.2, -0.15) is 0 Å². The summed E-state index contributed by atoms with van der Waals surface area (Å²) in [5.41, 5.74) is 0. The molecule has 0 radical (unpaired) electrons. The second-order valence-corrected chi connectivity index (χ2v) is 6.49. The number of aliphatic hydroxyl groups is 1. The first kappa shape index (κ1) is 17.9. The smallest absolute Gasteiger partial charge is 0.0589 e. The molecule has 1 fully saturated rings. The Labute approximate surface area is 124 Å². The van der Waals surface area contributed by atoms with E-state index in [1.165, 1.54) is 19.3 Å². The largest absolute Gasteiger partial charge is 0.395 e. The number of hydrogen-bond donors (Lipinski definition) is 2. The molecule has 0 aromatic carbocycles. The van der Waals surface area contributed by atoms with E-state index >= 15 is 0 Å². The molecule has 0 aromatic heterocycles. The zero-order valence-corrected chi connectivity index (χ0v) is 13.8. The molecule has 2 N–H and O–H groups in total. The maximum absolute atomic E-state index is 9.23. The number of ether oxygens (including phenoxy) is 1. The van der Waals surface area contributed by atoms with Gasteiger partial charge in [0.2, 0.25) is 0 Å². The summed E-state index contributed by atoms with van der Waals surface area (Å²) in [7, 11) is 3.82. The lowest BCUT2D eigenvalue weighted by Gasteiger charge is -2.40. The van der Waals surface area contributed by atoms with E-state index < -0.39 is 0 Å². The fourth-order valence-corrected chi connectivity index (χ4v) is 3.48. The van der Waals surface area contributed by atoms with Crippen molar-refractivity contribution in [3.63, 3.8) is 0 Å². The monoisotopic (exact) mass is 286 g/mol. The predicted molar refractivity (Wildman–Crippen MR) is 83.9 cm³/mol. The first-order valence-corrected chi connectivity index (χ1v) is 8.11. The van der Waals surface area contributed by atoms with Gasteiger partial charge in [-0.05, 0) is 44.1 Å². The molecule has 3 unspecified atom stereocenters. The molecular formula is C16H34N2O2. The first-order chi connectivity index (χ1) is 9.62. The maximum atomic E-state index is 9.23. The minimum Gasteiger partial charge on any atom is -0.395 e. The van der Waals surface area contributed by atoms with E-state index in [-0.39, 0.29) is 6.61 Å². The Morgan fingerprint density at radius 3 is 2.60 bits per heavy atom. The van der Waals surface area contributed by atoms with E-state index in [4.69, 9.17) is 4.74 Å². The van der Waals surface area contributed by atoms with Crippen molar-refractivity contribution in [1.29, 1.82) is 0 Å². The molecule has 4 heteroatoms. The predicted octanol–water partition coefficient (Wildman–Crippen LogP) is 1.59. The minimum atomic E-state index is 0.230. The minimum absolute atomic E-state index is 0.230. The van der Waals surface area contributed by atoms with Crippen molar-refractivity contribution in [3.8, 4) is 0 Å². The summed E-state index contributed by atoms with van der Waals surface area (Å²) >= 11 is 0. The average molecular weight is 286 g/mol. The SMILES string of the molecule is CNC1CCC(C(C)C)CC1CN(CCO)CCOC. The second-order valence-electron chi connectivity index (χ2n) is 6.49. The Bertz CT molecular complexity index is 249. The summed E-state index contributed by atoms with van der Waals surface area (Å²) in [4.78, 5) is 2.35. The molecule has 0 amide bonds. The van der Waals surface area contributed by atoms with Gasteiger partial charge in [-0.25, -0.2) is 0 Å². The lowest BCUT2D eigenvalue weighted by molar-refractivity contribution is 0.0878. The van der Waals surface area contributed by atoms with E-state index in [1.54, 1.807) is 7.11 Å². The van der Waals surface area contributed by atoms with Crippen LogP contribution in [0.1, 0.15) is 33.1 Å². The lowest BCUT2D eigenvalue weighted by Crippen LogP contribution is -2.46. The van der Waals surface area contributed by atoms with Crippen molar-refractivity contribution in [2.45, 2.75) is 39.2 Å². The summed E-state index contributed by atoms with van der Waals surface area (Å²) in [6, 6.07) is 0.619. The molecule has 0 aromatic rings. The number of nitrogens with one attached hydrogen (secondary N) is 1. The highest BCUT2D eigenvalue weighted by Crippen LogP contribution is 2.34. The van der Waals surface area contributed by atoms with E-state index in [0.29, 0.717) is 12.0 Å². The van der Waals surface area contributed by atoms with Gasteiger partial charge in [-0.1, -0.05) is 13.8 Å². The van der Waals surface area contributed by atoms with Crippen LogP contribution in [0.4, 0.5) is 0 Å². The molecule has 0 spiro atoms. The Morgan fingerprint density at radius 1 is 1.30 bits per heavy atom. The Balaban J connectivity index is 2.57. The third-order valence-corrected chi connectivity index (χ3v) is 4.86. The Kier molecular flexibility index (Phi) is 8.69. The summed E-state index contributed by atoms with van der Waals surface area (Å²) in [5.74, 6) is 2.31. The van der Waals surface area contributed by atoms with Gasteiger partial charge in [0.25, 0.3) is 0 Å². The Morgan fingerprint density at radius 2 is 2.05 bits per heavy atom. The van der Waals surface area contributed by atoms with Crippen molar-refractivity contribution in [2.75, 3.05) is 47.0 Å². The van der Waals surface area contributed by atoms with Gasteiger partial charge in [0.1, 0.15) is 0 Å². The van der Waals surface area contributed by atoms with Gasteiger partial charge in [-0.15, -0.1) is 0 Å². The molecular weight excluding hydrogens is 252 g/mol. The van der Waals surface area contributed by atoms with Crippen molar-refractivity contribution < 1.29 is 9.84 Å². The normalized spacial score (nSPS) is 27.4. The molecule has 0 bridgehead atoms. The zero-order valence-electron chi connectivity index (χ0n) is 13.8. The summed E-state index contributed by atoms with van der Waals surface area (Å²) < 4.78 is 5.18. The maximum Gasteiger partial charge on any atom is 0.0589 e. The van der Waals surface area contributed by atoms with Gasteiger partial charge in [0, 0.05) is 32.8 Å². The number of methoxy groups -OCH3 is 1. The van der Waals surface area contributed by atoms with E-state index in [9.17, 15) is 5.11 Å². The van der Waals surface area contributed by atoms with Crippen molar-refractivity contribution in [1.82, 2.24) is 10.2 Å². The highest BCUT2D eigenvalue weighted by Gasteiger charge is 2.31. The van der Waals surface area contributed by atoms with Crippen LogP contribution in [0.3, 0.4) is 0 Å². The van der Waals surface area contributed by atoms with Crippen LogP contribution >= 0.6 is 0 Å². The number of rotatable bonds is 9. The summed E-state index contributed by atoms with van der Waals surface area (Å²) in [6.45, 7) is 8.39. The van der Waals surface area contributed by atoms with E-state index in [1.807, 2.05) is 0 Å². The van der Waals surface area contributed by atoms with Gasteiger partial charge in [0.15, 0.2) is 0 Å². The van der Waals surface area contributed by atoms with Crippen LogP contribution < -0.4 is 5.32 Å². The molecule has 120 valence electrons. The molecule has 20 heavy (non-hydrogen) atoms. The fraction of sp³-hybridized carbons (Fsp3) is 1.00. The molecule has 0 heterocycles. The molecule has 0 aliphatic heterocycles.